The maximum Gasteiger partial charge on any atom is 0.322 e. The molecule has 3 aliphatic rings. The number of benzene rings is 1. The molecule has 1 N–H and O–H groups in total. The largest absolute Gasteiger partial charge is 0.378 e. The van der Waals surface area contributed by atoms with Crippen LogP contribution in [0.15, 0.2) is 18.2 Å². The molecular weight excluding hydrogens is 311 g/mol. The topological polar surface area (TPSA) is 50.8 Å². The van der Waals surface area contributed by atoms with Gasteiger partial charge in [-0.1, -0.05) is 0 Å². The van der Waals surface area contributed by atoms with Crippen LogP contribution in [0.4, 0.5) is 14.9 Å². The molecule has 2 aliphatic heterocycles. The first-order valence-electron chi connectivity index (χ1n) is 8.66. The molecule has 2 unspecified atom stereocenters. The van der Waals surface area contributed by atoms with E-state index in [4.69, 9.17) is 9.47 Å². The Labute approximate surface area is 141 Å². The molecule has 2 heterocycles. The van der Waals surface area contributed by atoms with E-state index < -0.39 is 0 Å². The molecule has 6 heteroatoms. The number of carbonyl (C=O) groups excluding carboxylic acids is 1. The molecule has 4 rings (SSSR count). The van der Waals surface area contributed by atoms with Gasteiger partial charge >= 0.3 is 6.03 Å². The van der Waals surface area contributed by atoms with E-state index in [2.05, 4.69) is 5.32 Å². The van der Waals surface area contributed by atoms with Gasteiger partial charge in [-0.15, -0.1) is 0 Å². The smallest absolute Gasteiger partial charge is 0.322 e. The normalized spacial score (nSPS) is 29.9. The lowest BCUT2D eigenvalue weighted by Gasteiger charge is -2.42. The summed E-state index contributed by atoms with van der Waals surface area (Å²) in [4.78, 5) is 14.4. The van der Waals surface area contributed by atoms with E-state index in [1.807, 2.05) is 6.92 Å². The van der Waals surface area contributed by atoms with Crippen LogP contribution in [0.1, 0.15) is 37.7 Å². The van der Waals surface area contributed by atoms with Gasteiger partial charge in [-0.05, 0) is 49.4 Å². The molecule has 1 aromatic carbocycles. The molecule has 2 amide bonds. The lowest BCUT2D eigenvalue weighted by atomic mass is 9.99. The third-order valence-electron chi connectivity index (χ3n) is 5.03. The fraction of sp³-hybridized carbons (Fsp3) is 0.611. The second-order valence-corrected chi connectivity index (χ2v) is 7.24. The van der Waals surface area contributed by atoms with E-state index in [-0.39, 0.29) is 23.6 Å². The first kappa shape index (κ1) is 15.8. The summed E-state index contributed by atoms with van der Waals surface area (Å²) in [6.07, 6.45) is 2.83. The van der Waals surface area contributed by atoms with Crippen LogP contribution >= 0.6 is 0 Å². The number of nitrogens with zero attached hydrogens (tertiary/aromatic N) is 1. The summed E-state index contributed by atoms with van der Waals surface area (Å²) in [6.45, 7) is 4.25. The average molecular weight is 334 g/mol. The standard InChI is InChI=1S/C18H23FN2O3/c1-12-9-21(10-18(24-12)6-7-23-11-18)17(22)20-14-4-5-16(19)15(8-14)13-2-3-13/h4-5,8,12-13H,2-3,6-7,9-11H2,1H3,(H,20,22). The molecule has 1 saturated carbocycles. The van der Waals surface area contributed by atoms with Gasteiger partial charge in [0.15, 0.2) is 0 Å². The number of anilines is 1. The minimum atomic E-state index is -0.378. The Bertz CT molecular complexity index is 641. The number of rotatable bonds is 2. The zero-order valence-corrected chi connectivity index (χ0v) is 13.9. The second-order valence-electron chi connectivity index (χ2n) is 7.24. The van der Waals surface area contributed by atoms with Crippen molar-refractivity contribution in [2.24, 2.45) is 0 Å². The number of morpholine rings is 1. The fourth-order valence-electron chi connectivity index (χ4n) is 3.72. The summed E-state index contributed by atoms with van der Waals surface area (Å²) < 4.78 is 25.4. The molecule has 5 nitrogen and oxygen atoms in total. The Hall–Kier alpha value is -1.66. The Morgan fingerprint density at radius 3 is 2.96 bits per heavy atom. The monoisotopic (exact) mass is 334 g/mol. The van der Waals surface area contributed by atoms with Crippen molar-refractivity contribution in [1.82, 2.24) is 4.90 Å². The van der Waals surface area contributed by atoms with Gasteiger partial charge in [0.2, 0.25) is 0 Å². The molecule has 0 bridgehead atoms. The van der Waals surface area contributed by atoms with Crippen molar-refractivity contribution >= 4 is 11.7 Å². The predicted molar refractivity (Wildman–Crippen MR) is 87.7 cm³/mol. The Morgan fingerprint density at radius 1 is 1.42 bits per heavy atom. The van der Waals surface area contributed by atoms with E-state index in [0.29, 0.717) is 43.5 Å². The Balaban J connectivity index is 1.46. The van der Waals surface area contributed by atoms with E-state index in [9.17, 15) is 9.18 Å². The maximum absolute atomic E-state index is 13.9. The highest BCUT2D eigenvalue weighted by molar-refractivity contribution is 5.89. The number of amides is 2. The van der Waals surface area contributed by atoms with E-state index in [0.717, 1.165) is 19.3 Å². The third-order valence-corrected chi connectivity index (χ3v) is 5.03. The number of nitrogens with one attached hydrogen (secondary N) is 1. The molecule has 2 atom stereocenters. The predicted octanol–water partition coefficient (Wildman–Crippen LogP) is 3.11. The highest BCUT2D eigenvalue weighted by atomic mass is 19.1. The third kappa shape index (κ3) is 3.13. The van der Waals surface area contributed by atoms with E-state index in [1.165, 1.54) is 6.07 Å². The molecule has 1 spiro atoms. The SMILES string of the molecule is CC1CN(C(=O)Nc2ccc(F)c(C3CC3)c2)CC2(CCOC2)O1. The van der Waals surface area contributed by atoms with E-state index in [1.54, 1.807) is 17.0 Å². The lowest BCUT2D eigenvalue weighted by molar-refractivity contribution is -0.136. The molecule has 24 heavy (non-hydrogen) atoms. The summed E-state index contributed by atoms with van der Waals surface area (Å²) in [6, 6.07) is 4.67. The summed E-state index contributed by atoms with van der Waals surface area (Å²) >= 11 is 0. The molecule has 3 fully saturated rings. The van der Waals surface area contributed by atoms with E-state index >= 15 is 0 Å². The van der Waals surface area contributed by atoms with Crippen LogP contribution in [-0.4, -0.2) is 48.9 Å². The molecule has 0 aromatic heterocycles. The van der Waals surface area contributed by atoms with Crippen molar-refractivity contribution in [1.29, 1.82) is 0 Å². The van der Waals surface area contributed by atoms with Crippen LogP contribution in [0.3, 0.4) is 0 Å². The van der Waals surface area contributed by atoms with Gasteiger partial charge in [-0.3, -0.25) is 0 Å². The van der Waals surface area contributed by atoms with Crippen molar-refractivity contribution in [3.63, 3.8) is 0 Å². The van der Waals surface area contributed by atoms with Crippen molar-refractivity contribution < 1.29 is 18.7 Å². The van der Waals surface area contributed by atoms with Crippen molar-refractivity contribution in [2.45, 2.75) is 43.8 Å². The van der Waals surface area contributed by atoms with Crippen molar-refractivity contribution in [3.05, 3.63) is 29.6 Å². The van der Waals surface area contributed by atoms with Crippen LogP contribution in [0.25, 0.3) is 0 Å². The van der Waals surface area contributed by atoms with Gasteiger partial charge in [-0.25, -0.2) is 9.18 Å². The van der Waals surface area contributed by atoms with Gasteiger partial charge in [-0.2, -0.15) is 0 Å². The zero-order valence-electron chi connectivity index (χ0n) is 13.9. The van der Waals surface area contributed by atoms with Crippen LogP contribution in [0, 0.1) is 5.82 Å². The molecule has 1 aliphatic carbocycles. The Morgan fingerprint density at radius 2 is 2.25 bits per heavy atom. The van der Waals surface area contributed by atoms with Crippen LogP contribution < -0.4 is 5.32 Å². The fourth-order valence-corrected chi connectivity index (χ4v) is 3.72. The summed E-state index contributed by atoms with van der Waals surface area (Å²) in [5.41, 5.74) is 0.986. The van der Waals surface area contributed by atoms with Gasteiger partial charge in [0.25, 0.3) is 0 Å². The zero-order chi connectivity index (χ0) is 16.7. The van der Waals surface area contributed by atoms with Crippen LogP contribution in [-0.2, 0) is 9.47 Å². The number of hydrogen-bond acceptors (Lipinski definition) is 3. The van der Waals surface area contributed by atoms with Gasteiger partial charge in [0, 0.05) is 25.3 Å². The lowest BCUT2D eigenvalue weighted by Crippen LogP contribution is -2.57. The summed E-state index contributed by atoms with van der Waals surface area (Å²) in [5.74, 6) is 0.127. The second kappa shape index (κ2) is 6.01. The van der Waals surface area contributed by atoms with Gasteiger partial charge < -0.3 is 19.7 Å². The number of urea groups is 1. The number of hydrogen-bond donors (Lipinski definition) is 1. The van der Waals surface area contributed by atoms with Crippen LogP contribution in [0.2, 0.25) is 0 Å². The number of carbonyl (C=O) groups is 1. The molecule has 130 valence electrons. The van der Waals surface area contributed by atoms with Gasteiger partial charge in [0.05, 0.1) is 19.3 Å². The quantitative estimate of drug-likeness (QED) is 0.904. The van der Waals surface area contributed by atoms with Crippen molar-refractivity contribution in [2.75, 3.05) is 31.6 Å². The van der Waals surface area contributed by atoms with Crippen molar-refractivity contribution in [3.8, 4) is 0 Å². The molecule has 0 radical (unpaired) electrons. The molecule has 2 saturated heterocycles. The number of halogens is 1. The molecular formula is C18H23FN2O3. The minimum absolute atomic E-state index is 0.0264. The maximum atomic E-state index is 13.9. The summed E-state index contributed by atoms with van der Waals surface area (Å²) in [5, 5.41) is 2.91. The van der Waals surface area contributed by atoms with Gasteiger partial charge in [0.1, 0.15) is 11.4 Å². The molecule has 1 aromatic rings. The van der Waals surface area contributed by atoms with Crippen LogP contribution in [0.5, 0.6) is 0 Å². The minimum Gasteiger partial charge on any atom is -0.378 e. The average Bonchev–Trinajstić information content (AvgIpc) is 3.30. The first-order chi connectivity index (χ1) is 11.5. The summed E-state index contributed by atoms with van der Waals surface area (Å²) in [7, 11) is 0. The highest BCUT2D eigenvalue weighted by Crippen LogP contribution is 2.42. The highest BCUT2D eigenvalue weighted by Gasteiger charge is 2.44. The first-order valence-corrected chi connectivity index (χ1v) is 8.66. The Kier molecular flexibility index (Phi) is 3.96. The number of ether oxygens (including phenoxy) is 2.